The number of hydrogen-bond donors (Lipinski definition) is 1. The van der Waals surface area contributed by atoms with E-state index in [2.05, 4.69) is 43.0 Å². The zero-order valence-electron chi connectivity index (χ0n) is 11.4. The minimum atomic E-state index is 0.331. The van der Waals surface area contributed by atoms with E-state index in [9.17, 15) is 0 Å². The predicted molar refractivity (Wildman–Crippen MR) is 74.2 cm³/mol. The van der Waals surface area contributed by atoms with Crippen LogP contribution >= 0.6 is 0 Å². The van der Waals surface area contributed by atoms with Crippen molar-refractivity contribution in [3.8, 4) is 0 Å². The topological polar surface area (TPSA) is 38.5 Å². The number of hydrogen-bond acceptors (Lipinski definition) is 3. The Morgan fingerprint density at radius 1 is 1.33 bits per heavy atom. The van der Waals surface area contributed by atoms with Crippen LogP contribution in [-0.2, 0) is 17.8 Å². The Kier molecular flexibility index (Phi) is 4.75. The van der Waals surface area contributed by atoms with E-state index in [1.807, 2.05) is 0 Å². The normalized spacial score (nSPS) is 25.3. The van der Waals surface area contributed by atoms with Crippen LogP contribution in [0.2, 0.25) is 0 Å². The van der Waals surface area contributed by atoms with Gasteiger partial charge in [0, 0.05) is 25.7 Å². The van der Waals surface area contributed by atoms with Crippen molar-refractivity contribution in [2.24, 2.45) is 5.73 Å². The van der Waals surface area contributed by atoms with Crippen molar-refractivity contribution < 1.29 is 4.74 Å². The van der Waals surface area contributed by atoms with Crippen LogP contribution in [0.15, 0.2) is 24.3 Å². The Morgan fingerprint density at radius 3 is 2.72 bits per heavy atom. The molecular weight excluding hydrogens is 224 g/mol. The molecule has 1 aliphatic rings. The molecule has 100 valence electrons. The average molecular weight is 248 g/mol. The minimum absolute atomic E-state index is 0.331. The molecular formula is C15H24N2O. The van der Waals surface area contributed by atoms with Gasteiger partial charge in [-0.25, -0.2) is 0 Å². The SMILES string of the molecule is CCC1COC(C)CN1Cc1ccccc1CN. The van der Waals surface area contributed by atoms with Gasteiger partial charge in [-0.15, -0.1) is 0 Å². The van der Waals surface area contributed by atoms with Crippen molar-refractivity contribution in [1.82, 2.24) is 4.90 Å². The fourth-order valence-corrected chi connectivity index (χ4v) is 2.61. The molecule has 3 heteroatoms. The standard InChI is InChI=1S/C15H24N2O/c1-3-15-11-18-12(2)9-17(15)10-14-7-5-4-6-13(14)8-16/h4-7,12,15H,3,8-11,16H2,1-2H3. The summed E-state index contributed by atoms with van der Waals surface area (Å²) in [5.41, 5.74) is 8.42. The summed E-state index contributed by atoms with van der Waals surface area (Å²) in [6.07, 6.45) is 1.47. The number of rotatable bonds is 4. The molecule has 0 spiro atoms. The van der Waals surface area contributed by atoms with Gasteiger partial charge in [-0.2, -0.15) is 0 Å². The Morgan fingerprint density at radius 2 is 2.06 bits per heavy atom. The van der Waals surface area contributed by atoms with Crippen LogP contribution in [0.1, 0.15) is 31.4 Å². The molecule has 0 saturated carbocycles. The van der Waals surface area contributed by atoms with Crippen molar-refractivity contribution in [2.45, 2.75) is 45.5 Å². The minimum Gasteiger partial charge on any atom is -0.376 e. The second-order valence-electron chi connectivity index (χ2n) is 5.11. The summed E-state index contributed by atoms with van der Waals surface area (Å²) in [5, 5.41) is 0. The highest BCUT2D eigenvalue weighted by Gasteiger charge is 2.25. The van der Waals surface area contributed by atoms with Crippen molar-refractivity contribution in [2.75, 3.05) is 13.2 Å². The summed E-state index contributed by atoms with van der Waals surface area (Å²) in [7, 11) is 0. The number of ether oxygens (including phenoxy) is 1. The third kappa shape index (κ3) is 3.10. The van der Waals surface area contributed by atoms with Crippen molar-refractivity contribution in [1.29, 1.82) is 0 Å². The van der Waals surface area contributed by atoms with E-state index in [1.54, 1.807) is 0 Å². The number of nitrogens with two attached hydrogens (primary N) is 1. The lowest BCUT2D eigenvalue weighted by Gasteiger charge is -2.38. The van der Waals surface area contributed by atoms with E-state index in [4.69, 9.17) is 10.5 Å². The summed E-state index contributed by atoms with van der Waals surface area (Å²) in [4.78, 5) is 2.53. The molecule has 3 nitrogen and oxygen atoms in total. The summed E-state index contributed by atoms with van der Waals surface area (Å²) < 4.78 is 5.74. The lowest BCUT2D eigenvalue weighted by atomic mass is 10.0. The van der Waals surface area contributed by atoms with Gasteiger partial charge in [-0.05, 0) is 24.5 Å². The average Bonchev–Trinajstić information content (AvgIpc) is 2.40. The van der Waals surface area contributed by atoms with E-state index in [0.29, 0.717) is 18.7 Å². The Bertz CT molecular complexity index is 381. The largest absolute Gasteiger partial charge is 0.376 e. The monoisotopic (exact) mass is 248 g/mol. The highest BCUT2D eigenvalue weighted by atomic mass is 16.5. The molecule has 2 N–H and O–H groups in total. The van der Waals surface area contributed by atoms with Gasteiger partial charge in [0.15, 0.2) is 0 Å². The van der Waals surface area contributed by atoms with Crippen LogP contribution < -0.4 is 5.73 Å². The molecule has 0 bridgehead atoms. The summed E-state index contributed by atoms with van der Waals surface area (Å²) in [6, 6.07) is 9.01. The van der Waals surface area contributed by atoms with Gasteiger partial charge in [-0.1, -0.05) is 31.2 Å². The summed E-state index contributed by atoms with van der Waals surface area (Å²) in [5.74, 6) is 0. The van der Waals surface area contributed by atoms with Crippen molar-refractivity contribution >= 4 is 0 Å². The predicted octanol–water partition coefficient (Wildman–Crippen LogP) is 2.14. The first-order valence-corrected chi connectivity index (χ1v) is 6.87. The Labute approximate surface area is 110 Å². The van der Waals surface area contributed by atoms with E-state index in [-0.39, 0.29) is 0 Å². The van der Waals surface area contributed by atoms with E-state index < -0.39 is 0 Å². The number of benzene rings is 1. The molecule has 2 unspecified atom stereocenters. The zero-order chi connectivity index (χ0) is 13.0. The molecule has 1 saturated heterocycles. The maximum absolute atomic E-state index is 5.81. The van der Waals surface area contributed by atoms with Gasteiger partial charge in [0.25, 0.3) is 0 Å². The first-order chi connectivity index (χ1) is 8.74. The van der Waals surface area contributed by atoms with E-state index in [0.717, 1.165) is 26.1 Å². The van der Waals surface area contributed by atoms with E-state index in [1.165, 1.54) is 11.1 Å². The molecule has 2 rings (SSSR count). The van der Waals surface area contributed by atoms with E-state index >= 15 is 0 Å². The Hall–Kier alpha value is -0.900. The fourth-order valence-electron chi connectivity index (χ4n) is 2.61. The number of morpholine rings is 1. The van der Waals surface area contributed by atoms with Gasteiger partial charge >= 0.3 is 0 Å². The smallest absolute Gasteiger partial charge is 0.0674 e. The first-order valence-electron chi connectivity index (χ1n) is 6.87. The first kappa shape index (κ1) is 13.5. The zero-order valence-corrected chi connectivity index (χ0v) is 11.4. The van der Waals surface area contributed by atoms with Gasteiger partial charge < -0.3 is 10.5 Å². The van der Waals surface area contributed by atoms with Gasteiger partial charge in [0.05, 0.1) is 12.7 Å². The van der Waals surface area contributed by atoms with Gasteiger partial charge in [0.1, 0.15) is 0 Å². The lowest BCUT2D eigenvalue weighted by Crippen LogP contribution is -2.48. The number of nitrogens with zero attached hydrogens (tertiary/aromatic N) is 1. The quantitative estimate of drug-likeness (QED) is 0.887. The molecule has 1 heterocycles. The molecule has 0 radical (unpaired) electrons. The third-order valence-electron chi connectivity index (χ3n) is 3.76. The molecule has 1 aromatic carbocycles. The molecule has 2 atom stereocenters. The Balaban J connectivity index is 2.10. The molecule has 0 amide bonds. The highest BCUT2D eigenvalue weighted by molar-refractivity contribution is 5.26. The van der Waals surface area contributed by atoms with Crippen molar-refractivity contribution in [3.05, 3.63) is 35.4 Å². The van der Waals surface area contributed by atoms with Crippen molar-refractivity contribution in [3.63, 3.8) is 0 Å². The second kappa shape index (κ2) is 6.32. The van der Waals surface area contributed by atoms with Gasteiger partial charge in [-0.3, -0.25) is 4.90 Å². The molecule has 1 aliphatic heterocycles. The fraction of sp³-hybridized carbons (Fsp3) is 0.600. The van der Waals surface area contributed by atoms with Crippen LogP contribution in [0.4, 0.5) is 0 Å². The van der Waals surface area contributed by atoms with Crippen LogP contribution in [0, 0.1) is 0 Å². The maximum atomic E-state index is 5.81. The second-order valence-corrected chi connectivity index (χ2v) is 5.11. The lowest BCUT2D eigenvalue weighted by molar-refractivity contribution is -0.0592. The van der Waals surface area contributed by atoms with Crippen LogP contribution in [0.25, 0.3) is 0 Å². The summed E-state index contributed by atoms with van der Waals surface area (Å²) >= 11 is 0. The molecule has 0 aromatic heterocycles. The third-order valence-corrected chi connectivity index (χ3v) is 3.76. The molecule has 1 aromatic rings. The highest BCUT2D eigenvalue weighted by Crippen LogP contribution is 2.19. The summed E-state index contributed by atoms with van der Waals surface area (Å²) in [6.45, 7) is 7.84. The molecule has 18 heavy (non-hydrogen) atoms. The molecule has 0 aliphatic carbocycles. The van der Waals surface area contributed by atoms with Crippen LogP contribution in [-0.4, -0.2) is 30.2 Å². The molecule has 1 fully saturated rings. The van der Waals surface area contributed by atoms with Gasteiger partial charge in [0.2, 0.25) is 0 Å². The van der Waals surface area contributed by atoms with Crippen LogP contribution in [0.3, 0.4) is 0 Å². The van der Waals surface area contributed by atoms with Crippen LogP contribution in [0.5, 0.6) is 0 Å². The maximum Gasteiger partial charge on any atom is 0.0674 e.